The van der Waals surface area contributed by atoms with Gasteiger partial charge in [-0.1, -0.05) is 24.3 Å². The van der Waals surface area contributed by atoms with Gasteiger partial charge in [-0.2, -0.15) is 18.3 Å². The number of nitrogens with zero attached hydrogens (tertiary/aromatic N) is 4. The number of nitrogen functional groups attached to an aromatic ring is 1. The van der Waals surface area contributed by atoms with Crippen LogP contribution in [-0.4, -0.2) is 50.7 Å². The molecule has 2 amide bonds. The summed E-state index contributed by atoms with van der Waals surface area (Å²) in [5, 5.41) is 14.6. The average molecular weight is 605 g/mol. The lowest BCUT2D eigenvalue weighted by Crippen LogP contribution is -2.40. The minimum absolute atomic E-state index is 0.0188. The highest BCUT2D eigenvalue weighted by Gasteiger charge is 2.31. The van der Waals surface area contributed by atoms with E-state index in [0.29, 0.717) is 42.0 Å². The second-order valence-electron chi connectivity index (χ2n) is 11.0. The quantitative estimate of drug-likeness (QED) is 0.259. The Morgan fingerprint density at radius 3 is 2.73 bits per heavy atom. The van der Waals surface area contributed by atoms with Gasteiger partial charge in [-0.25, -0.2) is 9.97 Å². The zero-order valence-corrected chi connectivity index (χ0v) is 23.7. The SMILES string of the molecule is Nc1ncc2c3c1c(-c1ccc(C(=O)Nc4cc(C(F)(F)F)ccn4)cc1)nn3[C@@H]1CCC[C@H](C1)NC(=O)CCNC/C=C/2. The number of amides is 2. The molecule has 3 aromatic heterocycles. The Kier molecular flexibility index (Phi) is 8.04. The van der Waals surface area contributed by atoms with E-state index in [9.17, 15) is 22.8 Å². The molecule has 1 aliphatic carbocycles. The summed E-state index contributed by atoms with van der Waals surface area (Å²) >= 11 is 0. The van der Waals surface area contributed by atoms with Gasteiger partial charge in [-0.3, -0.25) is 14.3 Å². The molecular formula is C31H31F3N8O2. The number of benzene rings is 1. The average Bonchev–Trinajstić information content (AvgIpc) is 3.41. The zero-order chi connectivity index (χ0) is 30.8. The van der Waals surface area contributed by atoms with Crippen LogP contribution in [0.5, 0.6) is 0 Å². The molecule has 1 aliphatic heterocycles. The molecule has 0 radical (unpaired) electrons. The minimum Gasteiger partial charge on any atom is -0.383 e. The van der Waals surface area contributed by atoms with E-state index in [2.05, 4.69) is 25.9 Å². The molecule has 0 saturated heterocycles. The molecule has 1 saturated carbocycles. The standard InChI is InChI=1S/C31H31F3N8O2/c32-31(33,34)21-10-14-37-24(15-21)40-30(44)19-8-6-18(7-9-19)27-26-28-20(17-38-29(26)35)3-2-12-36-13-11-25(43)39-22-4-1-5-23(16-22)42(28)41-27/h2-3,6-10,14-15,17,22-23,36H,1,4-5,11-13,16H2,(H2,35,38)(H,39,43)(H,37,40,44)/b3-2+/t22-,23-/m1/s1. The third-order valence-electron chi connectivity index (χ3n) is 7.98. The van der Waals surface area contributed by atoms with Crippen molar-refractivity contribution in [3.63, 3.8) is 0 Å². The van der Waals surface area contributed by atoms with Gasteiger partial charge in [0.25, 0.3) is 5.91 Å². The molecule has 10 nitrogen and oxygen atoms in total. The number of rotatable bonds is 3. The summed E-state index contributed by atoms with van der Waals surface area (Å²) in [5.74, 6) is -0.465. The summed E-state index contributed by atoms with van der Waals surface area (Å²) in [6, 6.07) is 8.27. The van der Waals surface area contributed by atoms with E-state index in [1.807, 2.05) is 16.8 Å². The lowest BCUT2D eigenvalue weighted by molar-refractivity contribution is -0.137. The maximum atomic E-state index is 13.1. The number of aromatic nitrogens is 4. The van der Waals surface area contributed by atoms with Gasteiger partial charge in [0.15, 0.2) is 0 Å². The van der Waals surface area contributed by atoms with Gasteiger partial charge in [-0.05, 0) is 49.9 Å². The van der Waals surface area contributed by atoms with Crippen LogP contribution < -0.4 is 21.7 Å². The third kappa shape index (κ3) is 6.13. The number of nitrogens with two attached hydrogens (primary N) is 1. The summed E-state index contributed by atoms with van der Waals surface area (Å²) in [6.45, 7) is 1.15. The number of fused-ring (bicyclic) bond motifs is 3. The number of nitrogens with one attached hydrogen (secondary N) is 3. The zero-order valence-electron chi connectivity index (χ0n) is 23.7. The lowest BCUT2D eigenvalue weighted by atomic mass is 9.90. The largest absolute Gasteiger partial charge is 0.416 e. The highest BCUT2D eigenvalue weighted by molar-refractivity contribution is 6.06. The van der Waals surface area contributed by atoms with E-state index in [1.165, 1.54) is 0 Å². The molecule has 0 unspecified atom stereocenters. The number of hydrogen-bond acceptors (Lipinski definition) is 7. The van der Waals surface area contributed by atoms with Crippen molar-refractivity contribution >= 4 is 40.4 Å². The smallest absolute Gasteiger partial charge is 0.383 e. The third-order valence-corrected chi connectivity index (χ3v) is 7.98. The number of carbonyl (C=O) groups excluding carboxylic acids is 2. The second-order valence-corrected chi connectivity index (χ2v) is 11.0. The fourth-order valence-corrected chi connectivity index (χ4v) is 5.84. The van der Waals surface area contributed by atoms with Crippen LogP contribution in [0.4, 0.5) is 24.8 Å². The van der Waals surface area contributed by atoms with Gasteiger partial charge in [0.1, 0.15) is 17.3 Å². The first-order valence-corrected chi connectivity index (χ1v) is 14.5. The monoisotopic (exact) mass is 604 g/mol. The molecule has 4 aromatic rings. The maximum absolute atomic E-state index is 13.1. The van der Waals surface area contributed by atoms with Crippen molar-refractivity contribution in [2.45, 2.75) is 50.4 Å². The molecule has 13 heteroatoms. The second kappa shape index (κ2) is 12.1. The molecule has 6 rings (SSSR count). The predicted octanol–water partition coefficient (Wildman–Crippen LogP) is 4.95. The first-order valence-electron chi connectivity index (χ1n) is 14.5. The Morgan fingerprint density at radius 2 is 1.93 bits per heavy atom. The van der Waals surface area contributed by atoms with Gasteiger partial charge in [0.05, 0.1) is 22.5 Å². The Hall–Kier alpha value is -4.78. The normalized spacial score (nSPS) is 20.0. The van der Waals surface area contributed by atoms with E-state index in [4.69, 9.17) is 10.8 Å². The van der Waals surface area contributed by atoms with Crippen LogP contribution >= 0.6 is 0 Å². The van der Waals surface area contributed by atoms with Crippen molar-refractivity contribution in [3.05, 3.63) is 71.6 Å². The predicted molar refractivity (Wildman–Crippen MR) is 161 cm³/mol. The van der Waals surface area contributed by atoms with Crippen molar-refractivity contribution in [2.75, 3.05) is 24.1 Å². The first kappa shape index (κ1) is 29.3. The maximum Gasteiger partial charge on any atom is 0.416 e. The molecule has 44 heavy (non-hydrogen) atoms. The van der Waals surface area contributed by atoms with Crippen molar-refractivity contribution in [1.29, 1.82) is 0 Å². The fourth-order valence-electron chi connectivity index (χ4n) is 5.84. The fraction of sp³-hybridized carbons (Fsp3) is 0.323. The van der Waals surface area contributed by atoms with E-state index in [0.717, 1.165) is 55.1 Å². The first-order chi connectivity index (χ1) is 21.2. The Labute approximate surface area is 250 Å². The van der Waals surface area contributed by atoms with Crippen LogP contribution in [0.15, 0.2) is 54.9 Å². The molecule has 228 valence electrons. The molecule has 4 heterocycles. The molecule has 2 atom stereocenters. The van der Waals surface area contributed by atoms with Gasteiger partial charge in [0.2, 0.25) is 5.91 Å². The number of anilines is 2. The van der Waals surface area contributed by atoms with Crippen LogP contribution in [0.2, 0.25) is 0 Å². The van der Waals surface area contributed by atoms with Crippen molar-refractivity contribution < 1.29 is 22.8 Å². The number of alkyl halides is 3. The molecule has 0 spiro atoms. The summed E-state index contributed by atoms with van der Waals surface area (Å²) < 4.78 is 41.3. The van der Waals surface area contributed by atoms with Gasteiger partial charge < -0.3 is 21.7 Å². The van der Waals surface area contributed by atoms with Crippen molar-refractivity contribution in [2.24, 2.45) is 0 Å². The summed E-state index contributed by atoms with van der Waals surface area (Å²) in [7, 11) is 0. The minimum atomic E-state index is -4.55. The van der Waals surface area contributed by atoms with Crippen LogP contribution in [0.25, 0.3) is 28.2 Å². The van der Waals surface area contributed by atoms with Crippen LogP contribution in [0.1, 0.15) is 59.6 Å². The van der Waals surface area contributed by atoms with Crippen LogP contribution in [0.3, 0.4) is 0 Å². The van der Waals surface area contributed by atoms with Crippen LogP contribution in [0, 0.1) is 0 Å². The summed E-state index contributed by atoms with van der Waals surface area (Å²) in [4.78, 5) is 33.7. The van der Waals surface area contributed by atoms with Gasteiger partial charge >= 0.3 is 6.18 Å². The molecular weight excluding hydrogens is 573 g/mol. The Balaban J connectivity index is 1.35. The number of pyridine rings is 2. The number of carbonyl (C=O) groups is 2. The molecule has 5 N–H and O–H groups in total. The Bertz CT molecular complexity index is 1730. The Morgan fingerprint density at radius 1 is 1.11 bits per heavy atom. The van der Waals surface area contributed by atoms with E-state index >= 15 is 0 Å². The summed E-state index contributed by atoms with van der Waals surface area (Å²) in [5.41, 5.74) is 8.78. The summed E-state index contributed by atoms with van der Waals surface area (Å²) in [6.07, 6.45) is 5.98. The number of hydrogen-bond donors (Lipinski definition) is 4. The van der Waals surface area contributed by atoms with Crippen molar-refractivity contribution in [1.82, 2.24) is 30.4 Å². The molecule has 1 aromatic carbocycles. The van der Waals surface area contributed by atoms with Crippen molar-refractivity contribution in [3.8, 4) is 11.3 Å². The molecule has 1 fully saturated rings. The van der Waals surface area contributed by atoms with E-state index in [-0.39, 0.29) is 29.4 Å². The van der Waals surface area contributed by atoms with Gasteiger partial charge in [-0.15, -0.1) is 0 Å². The van der Waals surface area contributed by atoms with E-state index in [1.54, 1.807) is 30.5 Å². The highest BCUT2D eigenvalue weighted by Crippen LogP contribution is 2.39. The highest BCUT2D eigenvalue weighted by atomic mass is 19.4. The lowest BCUT2D eigenvalue weighted by Gasteiger charge is -2.30. The van der Waals surface area contributed by atoms with Gasteiger partial charge in [0, 0.05) is 54.6 Å². The molecule has 2 aliphatic rings. The van der Waals surface area contributed by atoms with Crippen LogP contribution in [-0.2, 0) is 11.0 Å². The molecule has 2 bridgehead atoms. The van der Waals surface area contributed by atoms with E-state index < -0.39 is 17.6 Å². The number of halogens is 3. The topological polar surface area (TPSA) is 140 Å².